The maximum absolute atomic E-state index is 14.0. The van der Waals surface area contributed by atoms with E-state index < -0.39 is 5.82 Å². The molecule has 0 aromatic heterocycles. The number of rotatable bonds is 3. The summed E-state index contributed by atoms with van der Waals surface area (Å²) in [5.74, 6) is -0.405. The molecule has 0 bridgehead atoms. The predicted molar refractivity (Wildman–Crippen MR) is 79.0 cm³/mol. The predicted octanol–water partition coefficient (Wildman–Crippen LogP) is 1.92. The molecule has 1 saturated heterocycles. The van der Waals surface area contributed by atoms with E-state index in [9.17, 15) is 4.39 Å². The number of nitriles is 2. The third kappa shape index (κ3) is 3.50. The lowest BCUT2D eigenvalue weighted by Gasteiger charge is -2.35. The van der Waals surface area contributed by atoms with Gasteiger partial charge in [-0.05, 0) is 19.2 Å². The number of benzene rings is 1. The summed E-state index contributed by atoms with van der Waals surface area (Å²) in [5.41, 5.74) is 0.946. The van der Waals surface area contributed by atoms with E-state index in [1.54, 1.807) is 18.2 Å². The molecule has 0 saturated carbocycles. The van der Waals surface area contributed by atoms with Gasteiger partial charge in [0.15, 0.2) is 0 Å². The van der Waals surface area contributed by atoms with Crippen LogP contribution in [0.1, 0.15) is 0 Å². The van der Waals surface area contributed by atoms with Crippen molar-refractivity contribution < 1.29 is 4.39 Å². The second-order valence-corrected chi connectivity index (χ2v) is 4.85. The minimum absolute atomic E-state index is 0.0948. The Bertz CT molecular complexity index is 602. The number of anilines is 2. The highest BCUT2D eigenvalue weighted by atomic mass is 19.1. The van der Waals surface area contributed by atoms with Gasteiger partial charge in [0.25, 0.3) is 0 Å². The van der Waals surface area contributed by atoms with Crippen LogP contribution in [0.15, 0.2) is 30.0 Å². The van der Waals surface area contributed by atoms with Crippen molar-refractivity contribution in [3.05, 3.63) is 35.8 Å². The monoisotopic (exact) mass is 285 g/mol. The normalized spacial score (nSPS) is 15.0. The fourth-order valence-corrected chi connectivity index (χ4v) is 2.20. The third-order valence-electron chi connectivity index (χ3n) is 3.44. The van der Waals surface area contributed by atoms with Gasteiger partial charge in [-0.3, -0.25) is 0 Å². The van der Waals surface area contributed by atoms with Gasteiger partial charge in [-0.15, -0.1) is 0 Å². The second kappa shape index (κ2) is 6.74. The lowest BCUT2D eigenvalue weighted by Crippen LogP contribution is -2.44. The zero-order valence-electron chi connectivity index (χ0n) is 11.8. The van der Waals surface area contributed by atoms with Crippen LogP contribution in [-0.2, 0) is 0 Å². The first-order chi connectivity index (χ1) is 10.2. The highest BCUT2D eigenvalue weighted by Gasteiger charge is 2.18. The van der Waals surface area contributed by atoms with Crippen molar-refractivity contribution in [3.8, 4) is 12.1 Å². The number of para-hydroxylation sites is 1. The molecule has 6 heteroatoms. The zero-order valence-corrected chi connectivity index (χ0v) is 11.8. The molecule has 1 aliphatic rings. The average molecular weight is 285 g/mol. The maximum atomic E-state index is 14.0. The van der Waals surface area contributed by atoms with Crippen LogP contribution in [0.5, 0.6) is 0 Å². The summed E-state index contributed by atoms with van der Waals surface area (Å²) in [5, 5.41) is 20.2. The summed E-state index contributed by atoms with van der Waals surface area (Å²) in [6.07, 6.45) is 1.23. The van der Waals surface area contributed by atoms with E-state index in [0.29, 0.717) is 5.69 Å². The van der Waals surface area contributed by atoms with Gasteiger partial charge in [-0.1, -0.05) is 6.07 Å². The Morgan fingerprint density at radius 3 is 2.52 bits per heavy atom. The Hall–Kier alpha value is -2.57. The first-order valence-electron chi connectivity index (χ1n) is 6.64. The van der Waals surface area contributed by atoms with Crippen LogP contribution in [0.4, 0.5) is 15.8 Å². The second-order valence-electron chi connectivity index (χ2n) is 4.85. The van der Waals surface area contributed by atoms with Crippen LogP contribution < -0.4 is 10.2 Å². The minimum atomic E-state index is -0.405. The van der Waals surface area contributed by atoms with E-state index in [4.69, 9.17) is 10.5 Å². The Morgan fingerprint density at radius 2 is 1.90 bits per heavy atom. The molecular weight excluding hydrogens is 269 g/mol. The van der Waals surface area contributed by atoms with E-state index in [2.05, 4.69) is 22.2 Å². The molecule has 5 nitrogen and oxygen atoms in total. The van der Waals surface area contributed by atoms with E-state index in [1.165, 1.54) is 12.3 Å². The van der Waals surface area contributed by atoms with Crippen molar-refractivity contribution in [2.75, 3.05) is 43.4 Å². The van der Waals surface area contributed by atoms with Gasteiger partial charge in [0.05, 0.1) is 11.4 Å². The fourth-order valence-electron chi connectivity index (χ4n) is 2.20. The third-order valence-corrected chi connectivity index (χ3v) is 3.44. The van der Waals surface area contributed by atoms with Crippen molar-refractivity contribution in [2.24, 2.45) is 0 Å². The standard InChI is InChI=1S/C15H16FN5/c1-20-5-7-21(8-6-20)14-4-2-3-13(16)15(14)19-11-12(9-17)10-18/h2-4,11,19H,5-8H2,1H3. The Balaban J connectivity index is 2.27. The molecule has 108 valence electrons. The fraction of sp³-hybridized carbons (Fsp3) is 0.333. The van der Waals surface area contributed by atoms with E-state index in [-0.39, 0.29) is 5.57 Å². The molecule has 0 atom stereocenters. The van der Waals surface area contributed by atoms with Crippen LogP contribution in [0.2, 0.25) is 0 Å². The molecule has 21 heavy (non-hydrogen) atoms. The molecule has 1 fully saturated rings. The van der Waals surface area contributed by atoms with Gasteiger partial charge in [-0.25, -0.2) is 4.39 Å². The zero-order chi connectivity index (χ0) is 15.2. The van der Waals surface area contributed by atoms with Crippen LogP contribution in [0.3, 0.4) is 0 Å². The Morgan fingerprint density at radius 1 is 1.24 bits per heavy atom. The minimum Gasteiger partial charge on any atom is -0.367 e. The number of hydrogen-bond donors (Lipinski definition) is 1. The molecule has 1 aliphatic heterocycles. The van der Waals surface area contributed by atoms with Gasteiger partial charge >= 0.3 is 0 Å². The number of allylic oxidation sites excluding steroid dienone is 1. The quantitative estimate of drug-likeness (QED) is 0.859. The summed E-state index contributed by atoms with van der Waals surface area (Å²) >= 11 is 0. The highest BCUT2D eigenvalue weighted by molar-refractivity contribution is 5.72. The number of nitrogens with zero attached hydrogens (tertiary/aromatic N) is 4. The van der Waals surface area contributed by atoms with E-state index >= 15 is 0 Å². The number of halogens is 1. The van der Waals surface area contributed by atoms with Crippen molar-refractivity contribution in [2.45, 2.75) is 0 Å². The van der Waals surface area contributed by atoms with Crippen LogP contribution in [0.25, 0.3) is 0 Å². The van der Waals surface area contributed by atoms with Crippen molar-refractivity contribution >= 4 is 11.4 Å². The summed E-state index contributed by atoms with van der Waals surface area (Å²) in [6.45, 7) is 3.43. The molecule has 0 aliphatic carbocycles. The lowest BCUT2D eigenvalue weighted by molar-refractivity contribution is 0.313. The van der Waals surface area contributed by atoms with Crippen molar-refractivity contribution in [3.63, 3.8) is 0 Å². The van der Waals surface area contributed by atoms with E-state index in [0.717, 1.165) is 31.9 Å². The van der Waals surface area contributed by atoms with Gasteiger partial charge in [0.2, 0.25) is 0 Å². The molecule has 0 radical (unpaired) electrons. The average Bonchev–Trinajstić information content (AvgIpc) is 2.50. The number of hydrogen-bond acceptors (Lipinski definition) is 5. The molecule has 0 amide bonds. The molecule has 1 aromatic carbocycles. The molecule has 2 rings (SSSR count). The number of likely N-dealkylation sites (N-methyl/N-ethyl adjacent to an activating group) is 1. The van der Waals surface area contributed by atoms with Crippen LogP contribution >= 0.6 is 0 Å². The molecular formula is C15H16FN5. The van der Waals surface area contributed by atoms with Crippen LogP contribution in [0, 0.1) is 28.5 Å². The van der Waals surface area contributed by atoms with E-state index in [1.807, 2.05) is 6.07 Å². The molecule has 0 spiro atoms. The smallest absolute Gasteiger partial charge is 0.148 e. The maximum Gasteiger partial charge on any atom is 0.148 e. The molecule has 1 heterocycles. The van der Waals surface area contributed by atoms with Gasteiger partial charge in [0.1, 0.15) is 23.5 Å². The SMILES string of the molecule is CN1CCN(c2cccc(F)c2NC=C(C#N)C#N)CC1. The highest BCUT2D eigenvalue weighted by Crippen LogP contribution is 2.29. The summed E-state index contributed by atoms with van der Waals surface area (Å²) in [7, 11) is 2.05. The van der Waals surface area contributed by atoms with Gasteiger partial charge < -0.3 is 15.1 Å². The van der Waals surface area contributed by atoms with Crippen LogP contribution in [-0.4, -0.2) is 38.1 Å². The first kappa shape index (κ1) is 14.8. The molecule has 1 N–H and O–H groups in total. The van der Waals surface area contributed by atoms with Gasteiger partial charge in [-0.2, -0.15) is 10.5 Å². The summed E-state index contributed by atoms with van der Waals surface area (Å²) in [4.78, 5) is 4.31. The summed E-state index contributed by atoms with van der Waals surface area (Å²) < 4.78 is 14.0. The Labute approximate surface area is 123 Å². The van der Waals surface area contributed by atoms with Gasteiger partial charge in [0, 0.05) is 32.4 Å². The molecule has 1 aromatic rings. The first-order valence-corrected chi connectivity index (χ1v) is 6.64. The lowest BCUT2D eigenvalue weighted by atomic mass is 10.2. The van der Waals surface area contributed by atoms with Crippen molar-refractivity contribution in [1.29, 1.82) is 10.5 Å². The molecule has 0 unspecified atom stereocenters. The topological polar surface area (TPSA) is 66.1 Å². The van der Waals surface area contributed by atoms with Crippen molar-refractivity contribution in [1.82, 2.24) is 4.90 Å². The number of nitrogens with one attached hydrogen (secondary N) is 1. The number of piperazine rings is 1. The largest absolute Gasteiger partial charge is 0.367 e. The summed E-state index contributed by atoms with van der Waals surface area (Å²) in [6, 6.07) is 8.33. The Kier molecular flexibility index (Phi) is 4.76.